The van der Waals surface area contributed by atoms with Crippen molar-refractivity contribution in [1.82, 2.24) is 0 Å². The fourth-order valence-corrected chi connectivity index (χ4v) is 7.08. The van der Waals surface area contributed by atoms with Gasteiger partial charge < -0.3 is 4.42 Å². The summed E-state index contributed by atoms with van der Waals surface area (Å²) in [5.74, 6) is 0. The van der Waals surface area contributed by atoms with Gasteiger partial charge in [-0.15, -0.1) is 0 Å². The maximum Gasteiger partial charge on any atom is 0.143 e. The summed E-state index contributed by atoms with van der Waals surface area (Å²) >= 11 is 0. The van der Waals surface area contributed by atoms with Gasteiger partial charge in [0, 0.05) is 16.3 Å². The second kappa shape index (κ2) is 10.4. The van der Waals surface area contributed by atoms with Crippen LogP contribution < -0.4 is 0 Å². The molecule has 45 heavy (non-hydrogen) atoms. The summed E-state index contributed by atoms with van der Waals surface area (Å²) in [6.45, 7) is 0. The highest BCUT2D eigenvalue weighted by atomic mass is 16.3. The molecule has 0 fully saturated rings. The summed E-state index contributed by atoms with van der Waals surface area (Å²) < 4.78 is 6.66. The smallest absolute Gasteiger partial charge is 0.143 e. The molecule has 1 nitrogen and oxygen atoms in total. The topological polar surface area (TPSA) is 13.1 Å². The van der Waals surface area contributed by atoms with E-state index in [1.165, 1.54) is 54.9 Å². The van der Waals surface area contributed by atoms with E-state index < -0.39 is 0 Å². The van der Waals surface area contributed by atoms with Crippen molar-refractivity contribution in [2.75, 3.05) is 0 Å². The molecule has 9 rings (SSSR count). The Morgan fingerprint density at radius 1 is 0.267 bits per heavy atom. The van der Waals surface area contributed by atoms with Gasteiger partial charge in [0.15, 0.2) is 0 Å². The van der Waals surface area contributed by atoms with Crippen LogP contribution in [0.2, 0.25) is 0 Å². The molecular weight excluding hydrogens is 544 g/mol. The van der Waals surface area contributed by atoms with E-state index in [1.54, 1.807) is 0 Å². The number of furan rings is 1. The molecule has 9 aromatic rings. The molecule has 0 radical (unpaired) electrons. The first-order valence-corrected chi connectivity index (χ1v) is 15.4. The maximum absolute atomic E-state index is 6.66. The second-order valence-electron chi connectivity index (χ2n) is 11.6. The van der Waals surface area contributed by atoms with E-state index in [2.05, 4.69) is 164 Å². The molecule has 1 heterocycles. The van der Waals surface area contributed by atoms with Crippen LogP contribution in [0.4, 0.5) is 0 Å². The summed E-state index contributed by atoms with van der Waals surface area (Å²) in [5, 5.41) is 7.21. The summed E-state index contributed by atoms with van der Waals surface area (Å²) in [4.78, 5) is 0. The van der Waals surface area contributed by atoms with E-state index in [1.807, 2.05) is 6.07 Å². The fraction of sp³-hybridized carbons (Fsp3) is 0. The molecule has 1 aromatic heterocycles. The van der Waals surface area contributed by atoms with E-state index in [9.17, 15) is 0 Å². The fourth-order valence-electron chi connectivity index (χ4n) is 7.08. The van der Waals surface area contributed by atoms with Crippen molar-refractivity contribution in [2.45, 2.75) is 0 Å². The van der Waals surface area contributed by atoms with E-state index in [0.717, 1.165) is 33.1 Å². The van der Waals surface area contributed by atoms with Crippen LogP contribution in [-0.2, 0) is 0 Å². The van der Waals surface area contributed by atoms with Gasteiger partial charge in [-0.3, -0.25) is 0 Å². The van der Waals surface area contributed by atoms with Gasteiger partial charge in [-0.05, 0) is 72.6 Å². The third-order valence-corrected chi connectivity index (χ3v) is 9.09. The molecule has 0 saturated heterocycles. The lowest BCUT2D eigenvalue weighted by atomic mass is 9.83. The van der Waals surface area contributed by atoms with Crippen LogP contribution in [-0.4, -0.2) is 0 Å². The Kier molecular flexibility index (Phi) is 5.89. The lowest BCUT2D eigenvalue weighted by Crippen LogP contribution is -1.93. The predicted molar refractivity (Wildman–Crippen MR) is 190 cm³/mol. The van der Waals surface area contributed by atoms with Crippen LogP contribution in [0.25, 0.3) is 88.0 Å². The first kappa shape index (κ1) is 25.6. The van der Waals surface area contributed by atoms with Gasteiger partial charge in [-0.2, -0.15) is 0 Å². The van der Waals surface area contributed by atoms with Crippen LogP contribution in [0.1, 0.15) is 0 Å². The van der Waals surface area contributed by atoms with Crippen LogP contribution >= 0.6 is 0 Å². The summed E-state index contributed by atoms with van der Waals surface area (Å²) in [6.07, 6.45) is 0. The van der Waals surface area contributed by atoms with Crippen molar-refractivity contribution >= 4 is 43.5 Å². The highest BCUT2D eigenvalue weighted by Gasteiger charge is 2.22. The molecule has 0 amide bonds. The Hall–Kier alpha value is -5.92. The predicted octanol–water partition coefficient (Wildman–Crippen LogP) is 12.6. The van der Waals surface area contributed by atoms with E-state index in [0.29, 0.717) is 0 Å². The number of fused-ring (bicyclic) bond motifs is 5. The Labute approximate surface area is 261 Å². The molecule has 0 N–H and O–H groups in total. The first-order chi connectivity index (χ1) is 22.3. The van der Waals surface area contributed by atoms with Gasteiger partial charge in [-0.1, -0.05) is 158 Å². The van der Waals surface area contributed by atoms with Crippen LogP contribution in [0.15, 0.2) is 174 Å². The standard InChI is InChI=1S/C44H28O/c1-3-13-29(14-4-1)30-23-25-32(26-24-30)41-34-18-7-9-20-36(34)43(37-21-10-8-19-35(37)41)39-28-27-38-33-17-11-12-22-40(33)45-44(38)42(39)31-15-5-2-6-16-31/h1-28H. The molecule has 0 aliphatic carbocycles. The normalized spacial score (nSPS) is 11.6. The molecule has 8 aromatic carbocycles. The number of hydrogen-bond acceptors (Lipinski definition) is 1. The highest BCUT2D eigenvalue weighted by Crippen LogP contribution is 2.48. The van der Waals surface area contributed by atoms with Gasteiger partial charge in [0.25, 0.3) is 0 Å². The van der Waals surface area contributed by atoms with E-state index in [-0.39, 0.29) is 0 Å². The number of benzene rings is 8. The first-order valence-electron chi connectivity index (χ1n) is 15.4. The Bertz CT molecular complexity index is 2450. The van der Waals surface area contributed by atoms with Crippen LogP contribution in [0, 0.1) is 0 Å². The Balaban J connectivity index is 1.37. The number of rotatable bonds is 4. The zero-order valence-corrected chi connectivity index (χ0v) is 24.6. The van der Waals surface area contributed by atoms with Crippen molar-refractivity contribution in [2.24, 2.45) is 0 Å². The van der Waals surface area contributed by atoms with Gasteiger partial charge in [0.2, 0.25) is 0 Å². The molecule has 0 atom stereocenters. The number of para-hydroxylation sites is 1. The molecule has 1 heteroatoms. The molecule has 0 saturated carbocycles. The quantitative estimate of drug-likeness (QED) is 0.191. The zero-order valence-electron chi connectivity index (χ0n) is 24.6. The largest absolute Gasteiger partial charge is 0.455 e. The zero-order chi connectivity index (χ0) is 29.7. The summed E-state index contributed by atoms with van der Waals surface area (Å²) in [6, 6.07) is 60.9. The Morgan fingerprint density at radius 2 is 0.711 bits per heavy atom. The minimum absolute atomic E-state index is 0.908. The van der Waals surface area contributed by atoms with Crippen LogP contribution in [0.5, 0.6) is 0 Å². The molecule has 0 bridgehead atoms. The molecule has 0 spiro atoms. The molecular formula is C44H28O. The van der Waals surface area contributed by atoms with E-state index in [4.69, 9.17) is 4.42 Å². The molecule has 0 aliphatic rings. The van der Waals surface area contributed by atoms with Crippen molar-refractivity contribution in [3.63, 3.8) is 0 Å². The third-order valence-electron chi connectivity index (χ3n) is 9.09. The minimum atomic E-state index is 0.908. The Morgan fingerprint density at radius 3 is 1.33 bits per heavy atom. The van der Waals surface area contributed by atoms with Crippen molar-refractivity contribution in [3.05, 3.63) is 170 Å². The highest BCUT2D eigenvalue weighted by molar-refractivity contribution is 6.24. The second-order valence-corrected chi connectivity index (χ2v) is 11.6. The van der Waals surface area contributed by atoms with Crippen molar-refractivity contribution < 1.29 is 4.42 Å². The van der Waals surface area contributed by atoms with Gasteiger partial charge in [0.1, 0.15) is 11.2 Å². The molecule has 0 unspecified atom stereocenters. The maximum atomic E-state index is 6.66. The summed E-state index contributed by atoms with van der Waals surface area (Å²) in [7, 11) is 0. The van der Waals surface area contributed by atoms with Gasteiger partial charge in [-0.25, -0.2) is 0 Å². The van der Waals surface area contributed by atoms with Crippen LogP contribution in [0.3, 0.4) is 0 Å². The molecule has 210 valence electrons. The lowest BCUT2D eigenvalue weighted by Gasteiger charge is -2.20. The van der Waals surface area contributed by atoms with Crippen molar-refractivity contribution in [3.8, 4) is 44.5 Å². The van der Waals surface area contributed by atoms with Gasteiger partial charge >= 0.3 is 0 Å². The van der Waals surface area contributed by atoms with Gasteiger partial charge in [0.05, 0.1) is 0 Å². The average molecular weight is 573 g/mol. The summed E-state index contributed by atoms with van der Waals surface area (Å²) in [5.41, 5.74) is 11.4. The minimum Gasteiger partial charge on any atom is -0.455 e. The average Bonchev–Trinajstić information content (AvgIpc) is 3.50. The van der Waals surface area contributed by atoms with Crippen molar-refractivity contribution in [1.29, 1.82) is 0 Å². The number of hydrogen-bond donors (Lipinski definition) is 0. The van der Waals surface area contributed by atoms with E-state index >= 15 is 0 Å². The monoisotopic (exact) mass is 572 g/mol. The SMILES string of the molecule is c1ccc(-c2ccc(-c3c4ccccc4c(-c4ccc5c(oc6ccccc65)c4-c4ccccc4)c4ccccc34)cc2)cc1. The molecule has 0 aliphatic heterocycles. The lowest BCUT2D eigenvalue weighted by molar-refractivity contribution is 0.670. The third kappa shape index (κ3) is 4.09.